The summed E-state index contributed by atoms with van der Waals surface area (Å²) in [6, 6.07) is 4.63. The number of ketones is 2. The second-order valence-corrected chi connectivity index (χ2v) is 16.3. The monoisotopic (exact) mass is 508 g/mol. The Morgan fingerprint density at radius 2 is 1.67 bits per heavy atom. The van der Waals surface area contributed by atoms with Crippen LogP contribution in [0.3, 0.4) is 0 Å². The molecule has 2 aliphatic rings. The fraction of sp³-hybridized carbons (Fsp3) is 0.429. The predicted octanol–water partition coefficient (Wildman–Crippen LogP) is 4.30. The molecular weight excluding hydrogens is 476 g/mol. The van der Waals surface area contributed by atoms with Gasteiger partial charge in [-0.15, -0.1) is 5.54 Å². The van der Waals surface area contributed by atoms with Crippen LogP contribution in [-0.4, -0.2) is 53.3 Å². The Hall–Kier alpha value is -3.12. The molecule has 2 aromatic carbocycles. The SMILES string of the molecule is COc1cccc2c1C(=O)c1c(O)c3c(c(O)c1C2=O)CC(O)(C#C[Si](C)(C)C)CC3OC(C)(C)C. The van der Waals surface area contributed by atoms with Crippen molar-refractivity contribution in [3.05, 3.63) is 51.6 Å². The third-order valence-electron chi connectivity index (χ3n) is 6.24. The molecule has 4 rings (SSSR count). The average Bonchev–Trinajstić information content (AvgIpc) is 2.76. The van der Waals surface area contributed by atoms with Crippen LogP contribution in [0.5, 0.6) is 17.2 Å². The predicted molar refractivity (Wildman–Crippen MR) is 138 cm³/mol. The number of phenols is 2. The number of benzene rings is 2. The minimum atomic E-state index is -1.85. The van der Waals surface area contributed by atoms with Crippen LogP contribution in [0.1, 0.15) is 76.3 Å². The number of fused-ring (bicyclic) bond motifs is 3. The maximum atomic E-state index is 13.6. The Kier molecular flexibility index (Phi) is 6.11. The van der Waals surface area contributed by atoms with E-state index in [9.17, 15) is 24.9 Å². The molecule has 36 heavy (non-hydrogen) atoms. The molecule has 2 aromatic rings. The number of hydrogen-bond acceptors (Lipinski definition) is 7. The molecule has 2 aliphatic carbocycles. The second-order valence-electron chi connectivity index (χ2n) is 11.5. The van der Waals surface area contributed by atoms with Crippen LogP contribution >= 0.6 is 0 Å². The van der Waals surface area contributed by atoms with Crippen LogP contribution < -0.4 is 4.74 Å². The van der Waals surface area contributed by atoms with E-state index in [4.69, 9.17) is 9.47 Å². The highest BCUT2D eigenvalue weighted by Gasteiger charge is 2.46. The first-order valence-electron chi connectivity index (χ1n) is 11.9. The summed E-state index contributed by atoms with van der Waals surface area (Å²) in [5, 5.41) is 34.4. The van der Waals surface area contributed by atoms with Gasteiger partial charge in [-0.3, -0.25) is 9.59 Å². The largest absolute Gasteiger partial charge is 0.507 e. The molecule has 0 heterocycles. The molecule has 2 atom stereocenters. The number of ether oxygens (including phenoxy) is 2. The van der Waals surface area contributed by atoms with Crippen LogP contribution in [0, 0.1) is 11.5 Å². The molecule has 0 bridgehead atoms. The van der Waals surface area contributed by atoms with Crippen LogP contribution in [0.2, 0.25) is 19.6 Å². The molecule has 0 aromatic heterocycles. The van der Waals surface area contributed by atoms with E-state index in [0.29, 0.717) is 0 Å². The summed E-state index contributed by atoms with van der Waals surface area (Å²) in [4.78, 5) is 27.1. The first-order chi connectivity index (χ1) is 16.6. The van der Waals surface area contributed by atoms with Crippen molar-refractivity contribution in [2.75, 3.05) is 7.11 Å². The molecule has 0 fully saturated rings. The van der Waals surface area contributed by atoms with Crippen molar-refractivity contribution < 1.29 is 34.4 Å². The third-order valence-corrected chi connectivity index (χ3v) is 7.12. The number of phenolic OH excluding ortho intramolecular Hbond substituents is 2. The number of rotatable bonds is 2. The molecule has 0 spiro atoms. The van der Waals surface area contributed by atoms with Crippen LogP contribution in [-0.2, 0) is 11.2 Å². The van der Waals surface area contributed by atoms with Gasteiger partial charge in [0.2, 0.25) is 5.78 Å². The molecule has 0 aliphatic heterocycles. The van der Waals surface area contributed by atoms with E-state index < -0.39 is 48.4 Å². The fourth-order valence-corrected chi connectivity index (χ4v) is 5.45. The Morgan fingerprint density at radius 3 is 2.25 bits per heavy atom. The van der Waals surface area contributed by atoms with Gasteiger partial charge in [-0.05, 0) is 26.8 Å². The summed E-state index contributed by atoms with van der Waals surface area (Å²) < 4.78 is 11.5. The number of aromatic hydroxyl groups is 2. The van der Waals surface area contributed by atoms with Crippen LogP contribution in [0.25, 0.3) is 0 Å². The van der Waals surface area contributed by atoms with Crippen molar-refractivity contribution in [3.63, 3.8) is 0 Å². The number of carbonyl (C=O) groups excluding carboxylic acids is 2. The van der Waals surface area contributed by atoms with Gasteiger partial charge in [0.25, 0.3) is 0 Å². The fourth-order valence-electron chi connectivity index (χ4n) is 4.84. The zero-order valence-electron chi connectivity index (χ0n) is 21.7. The summed E-state index contributed by atoms with van der Waals surface area (Å²) >= 11 is 0. The smallest absolute Gasteiger partial charge is 0.202 e. The van der Waals surface area contributed by atoms with Gasteiger partial charge in [0, 0.05) is 29.5 Å². The standard InChI is InChI=1S/C28H32O7Si/c1-27(2,3)35-18-14-28(33,11-12-36(5,6)7)13-16-20(18)26(32)22-21(24(16)30)23(29)15-9-8-10-17(34-4)19(15)25(22)31/h8-10,18,30,32-33H,13-14H2,1-7H3. The summed E-state index contributed by atoms with van der Waals surface area (Å²) in [6.07, 6.45) is -0.973. The molecule has 7 nitrogen and oxygen atoms in total. The van der Waals surface area contributed by atoms with Gasteiger partial charge in [-0.1, -0.05) is 37.7 Å². The van der Waals surface area contributed by atoms with Gasteiger partial charge in [-0.25, -0.2) is 0 Å². The Balaban J connectivity index is 2.00. The van der Waals surface area contributed by atoms with E-state index in [2.05, 4.69) is 31.1 Å². The lowest BCUT2D eigenvalue weighted by Gasteiger charge is -2.39. The molecule has 0 amide bonds. The average molecular weight is 509 g/mol. The Morgan fingerprint density at radius 1 is 1.03 bits per heavy atom. The minimum Gasteiger partial charge on any atom is -0.507 e. The zero-order chi connectivity index (χ0) is 26.8. The van der Waals surface area contributed by atoms with Gasteiger partial charge in [0.1, 0.15) is 30.9 Å². The maximum Gasteiger partial charge on any atom is 0.202 e. The molecule has 0 radical (unpaired) electrons. The van der Waals surface area contributed by atoms with E-state index in [1.54, 1.807) is 12.1 Å². The second kappa shape index (κ2) is 8.48. The number of aliphatic hydroxyl groups is 1. The first-order valence-corrected chi connectivity index (χ1v) is 15.4. The third kappa shape index (κ3) is 4.43. The van der Waals surface area contributed by atoms with E-state index in [0.717, 1.165) is 0 Å². The summed E-state index contributed by atoms with van der Waals surface area (Å²) in [5.41, 5.74) is 0.857. The lowest BCUT2D eigenvalue weighted by Crippen LogP contribution is -2.40. The maximum absolute atomic E-state index is 13.6. The van der Waals surface area contributed by atoms with Gasteiger partial charge in [0.15, 0.2) is 5.78 Å². The lowest BCUT2D eigenvalue weighted by molar-refractivity contribution is -0.0956. The highest BCUT2D eigenvalue weighted by atomic mass is 28.3. The molecule has 0 saturated heterocycles. The van der Waals surface area contributed by atoms with Gasteiger partial charge in [0.05, 0.1) is 35.5 Å². The normalized spacial score (nSPS) is 21.2. The Bertz CT molecular complexity index is 1350. The molecule has 190 valence electrons. The number of hydrogen-bond donors (Lipinski definition) is 3. The first kappa shape index (κ1) is 26.0. The van der Waals surface area contributed by atoms with Crippen molar-refractivity contribution in [3.8, 4) is 28.7 Å². The quantitative estimate of drug-likeness (QED) is 0.269. The van der Waals surface area contributed by atoms with E-state index >= 15 is 0 Å². The highest BCUT2D eigenvalue weighted by molar-refractivity contribution is 6.83. The zero-order valence-corrected chi connectivity index (χ0v) is 22.7. The minimum absolute atomic E-state index is 0.0303. The summed E-state index contributed by atoms with van der Waals surface area (Å²) in [5.74, 6) is 1.10. The summed E-state index contributed by atoms with van der Waals surface area (Å²) in [7, 11) is -0.458. The van der Waals surface area contributed by atoms with Crippen LogP contribution in [0.15, 0.2) is 18.2 Å². The van der Waals surface area contributed by atoms with Gasteiger partial charge >= 0.3 is 0 Å². The number of methoxy groups -OCH3 is 1. The Labute approximate surface area is 212 Å². The van der Waals surface area contributed by atoms with Gasteiger partial charge < -0.3 is 24.8 Å². The van der Waals surface area contributed by atoms with Gasteiger partial charge in [-0.2, -0.15) is 0 Å². The van der Waals surface area contributed by atoms with Crippen molar-refractivity contribution >= 4 is 19.6 Å². The molecular formula is C28H32O7Si. The van der Waals surface area contributed by atoms with E-state index in [-0.39, 0.29) is 52.0 Å². The van der Waals surface area contributed by atoms with Crippen molar-refractivity contribution in [1.82, 2.24) is 0 Å². The van der Waals surface area contributed by atoms with E-state index in [1.165, 1.54) is 13.2 Å². The van der Waals surface area contributed by atoms with Crippen LogP contribution in [0.4, 0.5) is 0 Å². The molecule has 8 heteroatoms. The molecule has 3 N–H and O–H groups in total. The highest BCUT2D eigenvalue weighted by Crippen LogP contribution is 2.52. The van der Waals surface area contributed by atoms with Crippen molar-refractivity contribution in [1.29, 1.82) is 0 Å². The number of carbonyl (C=O) groups is 2. The lowest BCUT2D eigenvalue weighted by atomic mass is 9.73. The molecule has 2 unspecified atom stereocenters. The summed E-state index contributed by atoms with van der Waals surface area (Å²) in [6.45, 7) is 11.7. The van der Waals surface area contributed by atoms with Crippen molar-refractivity contribution in [2.45, 2.75) is 70.6 Å². The molecule has 0 saturated carbocycles. The van der Waals surface area contributed by atoms with Crippen molar-refractivity contribution in [2.24, 2.45) is 0 Å². The van der Waals surface area contributed by atoms with E-state index in [1.807, 2.05) is 20.8 Å². The topological polar surface area (TPSA) is 113 Å².